The number of aromatic amines is 1. The molecule has 1 aromatic carbocycles. The van der Waals surface area contributed by atoms with Crippen LogP contribution in [0.5, 0.6) is 0 Å². The van der Waals surface area contributed by atoms with Crippen molar-refractivity contribution in [2.45, 2.75) is 12.5 Å². The highest BCUT2D eigenvalue weighted by atomic mass is 16.5. The van der Waals surface area contributed by atoms with Gasteiger partial charge in [0.15, 0.2) is 6.61 Å². The van der Waals surface area contributed by atoms with Crippen LogP contribution in [-0.2, 0) is 16.0 Å². The summed E-state index contributed by atoms with van der Waals surface area (Å²) in [6.07, 6.45) is 8.43. The Morgan fingerprint density at radius 3 is 2.77 bits per heavy atom. The van der Waals surface area contributed by atoms with Gasteiger partial charge >= 0.3 is 5.97 Å². The summed E-state index contributed by atoms with van der Waals surface area (Å²) in [7, 11) is 0. The first-order valence-electron chi connectivity index (χ1n) is 6.64. The molecule has 112 valence electrons. The van der Waals surface area contributed by atoms with Crippen molar-refractivity contribution in [3.8, 4) is 12.3 Å². The number of terminal acetylenes is 1. The van der Waals surface area contributed by atoms with Crippen LogP contribution in [0, 0.1) is 12.3 Å². The highest BCUT2D eigenvalue weighted by Crippen LogP contribution is 2.04. The zero-order chi connectivity index (χ0) is 15.8. The summed E-state index contributed by atoms with van der Waals surface area (Å²) in [4.78, 5) is 31.0. The van der Waals surface area contributed by atoms with Gasteiger partial charge in [-0.3, -0.25) is 4.79 Å². The minimum Gasteiger partial charge on any atom is -0.451 e. The smallest absolute Gasteiger partial charge is 0.330 e. The van der Waals surface area contributed by atoms with Crippen LogP contribution >= 0.6 is 0 Å². The number of amides is 1. The monoisotopic (exact) mass is 297 g/mol. The lowest BCUT2D eigenvalue weighted by atomic mass is 10.1. The SMILES string of the molecule is C#CCOC(=O)C(Cc1c[nH]cn1)NC(=O)c1ccccc1. The van der Waals surface area contributed by atoms with Crippen LogP contribution in [0.4, 0.5) is 0 Å². The van der Waals surface area contributed by atoms with Gasteiger partial charge < -0.3 is 15.0 Å². The van der Waals surface area contributed by atoms with E-state index < -0.39 is 12.0 Å². The van der Waals surface area contributed by atoms with Crippen molar-refractivity contribution in [3.05, 3.63) is 54.1 Å². The summed E-state index contributed by atoms with van der Waals surface area (Å²) in [6.45, 7) is -0.142. The maximum atomic E-state index is 12.2. The normalized spacial score (nSPS) is 11.2. The summed E-state index contributed by atoms with van der Waals surface area (Å²) >= 11 is 0. The fourth-order valence-corrected chi connectivity index (χ4v) is 1.85. The van der Waals surface area contributed by atoms with Gasteiger partial charge in [-0.25, -0.2) is 9.78 Å². The van der Waals surface area contributed by atoms with Gasteiger partial charge in [0.05, 0.1) is 12.0 Å². The number of nitrogens with zero attached hydrogens (tertiary/aromatic N) is 1. The number of hydrogen-bond acceptors (Lipinski definition) is 4. The van der Waals surface area contributed by atoms with Crippen molar-refractivity contribution in [3.63, 3.8) is 0 Å². The third-order valence-corrected chi connectivity index (χ3v) is 2.89. The zero-order valence-corrected chi connectivity index (χ0v) is 11.8. The van der Waals surface area contributed by atoms with Crippen LogP contribution < -0.4 is 5.32 Å². The molecule has 1 heterocycles. The van der Waals surface area contributed by atoms with E-state index in [4.69, 9.17) is 11.2 Å². The van der Waals surface area contributed by atoms with E-state index in [-0.39, 0.29) is 18.9 Å². The van der Waals surface area contributed by atoms with Gasteiger partial charge in [0.25, 0.3) is 5.91 Å². The lowest BCUT2D eigenvalue weighted by molar-refractivity contribution is -0.144. The minimum atomic E-state index is -0.857. The average molecular weight is 297 g/mol. The Kier molecular flexibility index (Phi) is 5.32. The summed E-state index contributed by atoms with van der Waals surface area (Å²) in [5.41, 5.74) is 1.09. The largest absolute Gasteiger partial charge is 0.451 e. The lowest BCUT2D eigenvalue weighted by Gasteiger charge is -2.16. The predicted octanol–water partition coefficient (Wildman–Crippen LogP) is 0.927. The molecule has 1 amide bonds. The highest BCUT2D eigenvalue weighted by Gasteiger charge is 2.23. The van der Waals surface area contributed by atoms with Crippen LogP contribution in [0.25, 0.3) is 0 Å². The second kappa shape index (κ2) is 7.64. The number of benzene rings is 1. The van der Waals surface area contributed by atoms with Crippen LogP contribution in [0.15, 0.2) is 42.9 Å². The molecule has 0 aliphatic heterocycles. The van der Waals surface area contributed by atoms with Gasteiger partial charge in [-0.15, -0.1) is 6.42 Å². The summed E-state index contributed by atoms with van der Waals surface area (Å²) in [6, 6.07) is 7.76. The van der Waals surface area contributed by atoms with Gasteiger partial charge in [0.1, 0.15) is 6.04 Å². The molecule has 6 nitrogen and oxygen atoms in total. The zero-order valence-electron chi connectivity index (χ0n) is 11.8. The number of carbonyl (C=O) groups excluding carboxylic acids is 2. The summed E-state index contributed by atoms with van der Waals surface area (Å²) in [5, 5.41) is 2.64. The van der Waals surface area contributed by atoms with Crippen molar-refractivity contribution in [1.29, 1.82) is 0 Å². The lowest BCUT2D eigenvalue weighted by Crippen LogP contribution is -2.43. The fourth-order valence-electron chi connectivity index (χ4n) is 1.85. The van der Waals surface area contributed by atoms with Crippen LogP contribution in [0.1, 0.15) is 16.1 Å². The Bertz CT molecular complexity index is 660. The van der Waals surface area contributed by atoms with E-state index >= 15 is 0 Å². The Morgan fingerprint density at radius 2 is 2.14 bits per heavy atom. The molecule has 0 spiro atoms. The molecule has 2 N–H and O–H groups in total. The van der Waals surface area contributed by atoms with E-state index in [0.29, 0.717) is 11.3 Å². The molecule has 2 rings (SSSR count). The number of esters is 1. The standard InChI is InChI=1S/C16H15N3O3/c1-2-8-22-16(21)14(9-13-10-17-11-18-13)19-15(20)12-6-4-3-5-7-12/h1,3-7,10-11,14H,8-9H2,(H,17,18)(H,19,20). The maximum absolute atomic E-state index is 12.2. The second-order valence-corrected chi connectivity index (χ2v) is 4.47. The van der Waals surface area contributed by atoms with E-state index in [0.717, 1.165) is 0 Å². The molecule has 0 fully saturated rings. The Balaban J connectivity index is 2.08. The summed E-state index contributed by atoms with van der Waals surface area (Å²) < 4.78 is 4.91. The van der Waals surface area contributed by atoms with E-state index in [1.165, 1.54) is 6.33 Å². The minimum absolute atomic E-state index is 0.142. The van der Waals surface area contributed by atoms with Crippen molar-refractivity contribution in [2.24, 2.45) is 0 Å². The van der Waals surface area contributed by atoms with E-state index in [1.54, 1.807) is 36.5 Å². The van der Waals surface area contributed by atoms with E-state index in [1.807, 2.05) is 0 Å². The van der Waals surface area contributed by atoms with Crippen molar-refractivity contribution in [1.82, 2.24) is 15.3 Å². The Morgan fingerprint density at radius 1 is 1.36 bits per heavy atom. The molecule has 22 heavy (non-hydrogen) atoms. The van der Waals surface area contributed by atoms with E-state index in [2.05, 4.69) is 21.2 Å². The molecular weight excluding hydrogens is 282 g/mol. The number of rotatable bonds is 6. The van der Waals surface area contributed by atoms with Gasteiger partial charge in [0.2, 0.25) is 0 Å². The van der Waals surface area contributed by atoms with Crippen LogP contribution in [-0.4, -0.2) is 34.5 Å². The molecular formula is C16H15N3O3. The molecule has 1 aromatic heterocycles. The molecule has 0 aliphatic rings. The number of carbonyl (C=O) groups is 2. The number of imidazole rings is 1. The molecule has 0 saturated heterocycles. The first kappa shape index (κ1) is 15.3. The molecule has 0 aliphatic carbocycles. The molecule has 6 heteroatoms. The molecule has 0 bridgehead atoms. The number of aromatic nitrogens is 2. The van der Waals surface area contributed by atoms with E-state index in [9.17, 15) is 9.59 Å². The van der Waals surface area contributed by atoms with Gasteiger partial charge in [-0.1, -0.05) is 24.1 Å². The molecule has 1 atom stereocenters. The predicted molar refractivity (Wildman–Crippen MR) is 79.8 cm³/mol. The molecule has 0 radical (unpaired) electrons. The molecule has 2 aromatic rings. The maximum Gasteiger partial charge on any atom is 0.330 e. The number of H-pyrrole nitrogens is 1. The van der Waals surface area contributed by atoms with Crippen molar-refractivity contribution < 1.29 is 14.3 Å². The van der Waals surface area contributed by atoms with Crippen LogP contribution in [0.3, 0.4) is 0 Å². The number of hydrogen-bond donors (Lipinski definition) is 2. The molecule has 0 saturated carbocycles. The first-order chi connectivity index (χ1) is 10.7. The Hall–Kier alpha value is -3.07. The highest BCUT2D eigenvalue weighted by molar-refractivity contribution is 5.96. The van der Waals surface area contributed by atoms with Crippen LogP contribution in [0.2, 0.25) is 0 Å². The third kappa shape index (κ3) is 4.21. The van der Waals surface area contributed by atoms with Crippen molar-refractivity contribution in [2.75, 3.05) is 6.61 Å². The average Bonchev–Trinajstić information content (AvgIpc) is 3.05. The topological polar surface area (TPSA) is 84.1 Å². The fraction of sp³-hybridized carbons (Fsp3) is 0.188. The van der Waals surface area contributed by atoms with Gasteiger partial charge in [-0.2, -0.15) is 0 Å². The second-order valence-electron chi connectivity index (χ2n) is 4.47. The quantitative estimate of drug-likeness (QED) is 0.613. The number of nitrogens with one attached hydrogen (secondary N) is 2. The van der Waals surface area contributed by atoms with Crippen molar-refractivity contribution >= 4 is 11.9 Å². The molecule has 1 unspecified atom stereocenters. The summed E-state index contributed by atoms with van der Waals surface area (Å²) in [5.74, 6) is 1.27. The third-order valence-electron chi connectivity index (χ3n) is 2.89. The number of ether oxygens (including phenoxy) is 1. The van der Waals surface area contributed by atoms with Gasteiger partial charge in [-0.05, 0) is 12.1 Å². The first-order valence-corrected chi connectivity index (χ1v) is 6.64. The Labute approximate surface area is 127 Å². The van der Waals surface area contributed by atoms with Gasteiger partial charge in [0, 0.05) is 18.2 Å².